The summed E-state index contributed by atoms with van der Waals surface area (Å²) >= 11 is 0. The number of rotatable bonds is 2. The first kappa shape index (κ1) is 15.8. The van der Waals surface area contributed by atoms with Crippen LogP contribution in [0.15, 0.2) is 54.6 Å². The minimum Gasteiger partial charge on any atom is -0.373 e. The van der Waals surface area contributed by atoms with Gasteiger partial charge in [-0.2, -0.15) is 0 Å². The van der Waals surface area contributed by atoms with Gasteiger partial charge < -0.3 is 4.74 Å². The molecule has 2 aromatic carbocycles. The van der Waals surface area contributed by atoms with Crippen molar-refractivity contribution in [3.63, 3.8) is 0 Å². The van der Waals surface area contributed by atoms with Crippen molar-refractivity contribution in [2.45, 2.75) is 38.9 Å². The molecule has 132 valence electrons. The zero-order chi connectivity index (χ0) is 18.1. The molecule has 5 rings (SSSR count). The Morgan fingerprint density at radius 2 is 1.31 bits per heavy atom. The molecule has 0 aromatic heterocycles. The molecule has 2 aromatic rings. The number of carbonyl (C=O) groups is 2. The second kappa shape index (κ2) is 5.04. The predicted molar refractivity (Wildman–Crippen MR) is 98.5 cm³/mol. The zero-order valence-corrected chi connectivity index (χ0v) is 14.9. The third-order valence-electron chi connectivity index (χ3n) is 6.91. The first-order valence-corrected chi connectivity index (χ1v) is 9.18. The molecule has 3 saturated heterocycles. The lowest BCUT2D eigenvalue weighted by Gasteiger charge is -2.36. The summed E-state index contributed by atoms with van der Waals surface area (Å²) in [4.78, 5) is 28.0. The molecule has 0 aliphatic carbocycles. The van der Waals surface area contributed by atoms with Crippen molar-refractivity contribution in [3.05, 3.63) is 54.6 Å². The largest absolute Gasteiger partial charge is 0.373 e. The average molecular weight is 347 g/mol. The van der Waals surface area contributed by atoms with Gasteiger partial charge in [-0.15, -0.1) is 0 Å². The van der Waals surface area contributed by atoms with E-state index >= 15 is 0 Å². The molecule has 3 aliphatic heterocycles. The van der Waals surface area contributed by atoms with Crippen LogP contribution in [0.2, 0.25) is 0 Å². The minimum absolute atomic E-state index is 0.121. The summed E-state index contributed by atoms with van der Waals surface area (Å²) in [5.41, 5.74) is 1.31. The van der Waals surface area contributed by atoms with Gasteiger partial charge in [0.05, 0.1) is 28.7 Å². The fourth-order valence-electron chi connectivity index (χ4n) is 5.10. The van der Waals surface area contributed by atoms with E-state index in [1.54, 1.807) is 0 Å². The predicted octanol–water partition coefficient (Wildman–Crippen LogP) is 3.80. The van der Waals surface area contributed by atoms with Crippen LogP contribution in [0.4, 0.5) is 5.69 Å². The van der Waals surface area contributed by atoms with Gasteiger partial charge in [-0.25, -0.2) is 4.90 Å². The smallest absolute Gasteiger partial charge is 0.243 e. The van der Waals surface area contributed by atoms with E-state index in [4.69, 9.17) is 4.74 Å². The maximum atomic E-state index is 13.3. The molecule has 4 nitrogen and oxygen atoms in total. The Labute approximate surface area is 152 Å². The Bertz CT molecular complexity index is 873. The van der Waals surface area contributed by atoms with Crippen LogP contribution in [-0.2, 0) is 14.3 Å². The lowest BCUT2D eigenvalue weighted by atomic mass is 9.59. The Balaban J connectivity index is 1.54. The van der Waals surface area contributed by atoms with Gasteiger partial charge in [0.25, 0.3) is 0 Å². The monoisotopic (exact) mass is 347 g/mol. The van der Waals surface area contributed by atoms with Crippen molar-refractivity contribution < 1.29 is 14.3 Å². The number of fused-ring (bicyclic) bond motifs is 5. The van der Waals surface area contributed by atoms with Gasteiger partial charge in [0.2, 0.25) is 11.8 Å². The number of hydrogen-bond donors (Lipinski definition) is 0. The molecule has 26 heavy (non-hydrogen) atoms. The maximum absolute atomic E-state index is 13.3. The van der Waals surface area contributed by atoms with Gasteiger partial charge in [-0.1, -0.05) is 42.5 Å². The molecule has 4 heteroatoms. The number of imide groups is 1. The van der Waals surface area contributed by atoms with E-state index in [0.29, 0.717) is 5.69 Å². The molecule has 3 aliphatic rings. The standard InChI is InChI=1S/C22H21NO3/c1-21-17-12-13-18(26-17)22(21,2)20(25)23(19(21)24)16-10-8-15(9-11-16)14-6-4-3-5-7-14/h3-11,17-18H,12-13H2,1-2H3/t17-,18+,21+,22-. The van der Waals surface area contributed by atoms with E-state index in [1.807, 2.05) is 68.4 Å². The summed E-state index contributed by atoms with van der Waals surface area (Å²) in [6, 6.07) is 17.7. The number of nitrogens with zero attached hydrogens (tertiary/aromatic N) is 1. The minimum atomic E-state index is -0.759. The maximum Gasteiger partial charge on any atom is 0.243 e. The second-order valence-electron chi connectivity index (χ2n) is 7.95. The van der Waals surface area contributed by atoms with Crippen molar-refractivity contribution >= 4 is 17.5 Å². The molecule has 0 unspecified atom stereocenters. The first-order valence-electron chi connectivity index (χ1n) is 9.18. The van der Waals surface area contributed by atoms with Crippen molar-refractivity contribution in [3.8, 4) is 11.1 Å². The quantitative estimate of drug-likeness (QED) is 0.776. The molecule has 4 atom stereocenters. The van der Waals surface area contributed by atoms with E-state index in [9.17, 15) is 9.59 Å². The Morgan fingerprint density at radius 1 is 0.808 bits per heavy atom. The van der Waals surface area contributed by atoms with Crippen LogP contribution in [0.5, 0.6) is 0 Å². The molecule has 3 fully saturated rings. The summed E-state index contributed by atoms with van der Waals surface area (Å²) < 4.78 is 5.98. The van der Waals surface area contributed by atoms with Crippen molar-refractivity contribution in [1.29, 1.82) is 0 Å². The Morgan fingerprint density at radius 3 is 1.85 bits per heavy atom. The summed E-state index contributed by atoms with van der Waals surface area (Å²) in [5.74, 6) is -0.241. The van der Waals surface area contributed by atoms with E-state index < -0.39 is 10.8 Å². The second-order valence-corrected chi connectivity index (χ2v) is 7.95. The van der Waals surface area contributed by atoms with Gasteiger partial charge in [-0.05, 0) is 49.9 Å². The van der Waals surface area contributed by atoms with Crippen LogP contribution in [0, 0.1) is 10.8 Å². The lowest BCUT2D eigenvalue weighted by molar-refractivity contribution is -0.132. The number of ether oxygens (including phenoxy) is 1. The number of anilines is 1. The van der Waals surface area contributed by atoms with Crippen LogP contribution >= 0.6 is 0 Å². The van der Waals surface area contributed by atoms with Gasteiger partial charge in [-0.3, -0.25) is 9.59 Å². The first-order chi connectivity index (χ1) is 12.5. The SMILES string of the molecule is C[C@@]12C(=O)N(c3ccc(-c4ccccc4)cc3)C(=O)[C@]1(C)[C@H]1CC[C@@H]2O1. The van der Waals surface area contributed by atoms with Gasteiger partial charge in [0, 0.05) is 0 Å². The summed E-state index contributed by atoms with van der Waals surface area (Å²) in [6.45, 7) is 3.82. The van der Waals surface area contributed by atoms with E-state index in [2.05, 4.69) is 0 Å². The van der Waals surface area contributed by atoms with Crippen molar-refractivity contribution in [1.82, 2.24) is 0 Å². The fourth-order valence-corrected chi connectivity index (χ4v) is 5.10. The molecule has 0 radical (unpaired) electrons. The highest BCUT2D eigenvalue weighted by molar-refractivity contribution is 6.26. The summed E-state index contributed by atoms with van der Waals surface area (Å²) in [7, 11) is 0. The van der Waals surface area contributed by atoms with E-state index in [1.165, 1.54) is 4.90 Å². The van der Waals surface area contributed by atoms with Gasteiger partial charge in [0.15, 0.2) is 0 Å². The normalized spacial score (nSPS) is 35.2. The number of hydrogen-bond acceptors (Lipinski definition) is 3. The lowest BCUT2D eigenvalue weighted by Crippen LogP contribution is -2.48. The third kappa shape index (κ3) is 1.68. The highest BCUT2D eigenvalue weighted by atomic mass is 16.5. The summed E-state index contributed by atoms with van der Waals surface area (Å²) in [6.07, 6.45) is 1.41. The fraction of sp³-hybridized carbons (Fsp3) is 0.364. The number of benzene rings is 2. The van der Waals surface area contributed by atoms with Crippen LogP contribution in [-0.4, -0.2) is 24.0 Å². The molecule has 3 heterocycles. The van der Waals surface area contributed by atoms with E-state index in [-0.39, 0.29) is 24.0 Å². The topological polar surface area (TPSA) is 46.6 Å². The van der Waals surface area contributed by atoms with Crippen LogP contribution < -0.4 is 4.90 Å². The molecular formula is C22H21NO3. The van der Waals surface area contributed by atoms with Crippen molar-refractivity contribution in [2.24, 2.45) is 10.8 Å². The molecule has 0 N–H and O–H groups in total. The molecule has 2 amide bonds. The van der Waals surface area contributed by atoms with Gasteiger partial charge >= 0.3 is 0 Å². The molecular weight excluding hydrogens is 326 g/mol. The Kier molecular flexibility index (Phi) is 3.06. The third-order valence-corrected chi connectivity index (χ3v) is 6.91. The van der Waals surface area contributed by atoms with Crippen LogP contribution in [0.1, 0.15) is 26.7 Å². The van der Waals surface area contributed by atoms with E-state index in [0.717, 1.165) is 24.0 Å². The average Bonchev–Trinajstić information content (AvgIpc) is 3.29. The molecule has 0 saturated carbocycles. The van der Waals surface area contributed by atoms with Crippen molar-refractivity contribution in [2.75, 3.05) is 4.90 Å². The number of amides is 2. The zero-order valence-electron chi connectivity index (χ0n) is 14.9. The molecule has 0 spiro atoms. The highest BCUT2D eigenvalue weighted by Crippen LogP contribution is 2.64. The highest BCUT2D eigenvalue weighted by Gasteiger charge is 2.77. The summed E-state index contributed by atoms with van der Waals surface area (Å²) in [5, 5.41) is 0. The van der Waals surface area contributed by atoms with Crippen LogP contribution in [0.3, 0.4) is 0 Å². The number of carbonyl (C=O) groups excluding carboxylic acids is 2. The molecule has 2 bridgehead atoms. The van der Waals surface area contributed by atoms with Crippen LogP contribution in [0.25, 0.3) is 11.1 Å². The van der Waals surface area contributed by atoms with Gasteiger partial charge in [0.1, 0.15) is 0 Å². The Hall–Kier alpha value is -2.46.